The molecule has 1 aliphatic heterocycles. The van der Waals surface area contributed by atoms with Crippen LogP contribution in [0.4, 0.5) is 0 Å². The monoisotopic (exact) mass is 239 g/mol. The molecule has 0 aliphatic carbocycles. The fourth-order valence-electron chi connectivity index (χ4n) is 2.20. The number of rotatable bonds is 3. The van der Waals surface area contributed by atoms with Crippen molar-refractivity contribution in [3.63, 3.8) is 0 Å². The molecule has 4 heteroatoms. The number of piperidine rings is 1. The normalized spacial score (nSPS) is 20.2. The quantitative estimate of drug-likeness (QED) is 0.848. The predicted molar refractivity (Wildman–Crippen MR) is 69.0 cm³/mol. The number of thiazole rings is 1. The topological polar surface area (TPSA) is 37.0 Å². The molecule has 0 unspecified atom stereocenters. The van der Waals surface area contributed by atoms with Crippen LogP contribution in [0, 0.1) is 0 Å². The van der Waals surface area contributed by atoms with Gasteiger partial charge in [-0.15, -0.1) is 11.3 Å². The molecular weight excluding hydrogens is 218 g/mol. The van der Waals surface area contributed by atoms with Crippen LogP contribution in [0.2, 0.25) is 0 Å². The van der Waals surface area contributed by atoms with Gasteiger partial charge in [0.2, 0.25) is 0 Å². The molecule has 1 aliphatic rings. The van der Waals surface area contributed by atoms with E-state index in [9.17, 15) is 0 Å². The lowest BCUT2D eigenvalue weighted by molar-refractivity contribution is 0.262. The van der Waals surface area contributed by atoms with E-state index in [-0.39, 0.29) is 5.54 Å². The Bertz CT molecular complexity index is 340. The molecule has 2 heterocycles. The Morgan fingerprint density at radius 1 is 1.44 bits per heavy atom. The van der Waals surface area contributed by atoms with Gasteiger partial charge < -0.3 is 10.6 Å². The molecule has 0 saturated carbocycles. The summed E-state index contributed by atoms with van der Waals surface area (Å²) in [6, 6.07) is 0. The Hall–Kier alpha value is -0.450. The van der Waals surface area contributed by atoms with Gasteiger partial charge in [-0.1, -0.05) is 13.8 Å². The molecule has 90 valence electrons. The van der Waals surface area contributed by atoms with Gasteiger partial charge in [0.05, 0.1) is 11.2 Å². The highest BCUT2D eigenvalue weighted by molar-refractivity contribution is 7.09. The van der Waals surface area contributed by atoms with E-state index < -0.39 is 0 Å². The van der Waals surface area contributed by atoms with Crippen LogP contribution in [0.25, 0.3) is 0 Å². The van der Waals surface area contributed by atoms with E-state index in [1.807, 2.05) is 0 Å². The minimum absolute atomic E-state index is 0.114. The zero-order valence-corrected chi connectivity index (χ0v) is 11.2. The summed E-state index contributed by atoms with van der Waals surface area (Å²) in [7, 11) is 2.06. The maximum absolute atomic E-state index is 4.80. The Labute approximate surface area is 102 Å². The molecule has 1 aromatic rings. The van der Waals surface area contributed by atoms with Gasteiger partial charge >= 0.3 is 0 Å². The summed E-state index contributed by atoms with van der Waals surface area (Å²) < 4.78 is 0. The molecule has 1 fully saturated rings. The molecule has 0 radical (unpaired) electrons. The van der Waals surface area contributed by atoms with Gasteiger partial charge in [0.15, 0.2) is 0 Å². The maximum Gasteiger partial charge on any atom is 0.113 e. The van der Waals surface area contributed by atoms with Crippen molar-refractivity contribution in [3.05, 3.63) is 16.1 Å². The van der Waals surface area contributed by atoms with E-state index in [1.165, 1.54) is 10.7 Å². The molecule has 0 spiro atoms. The average molecular weight is 239 g/mol. The van der Waals surface area contributed by atoms with E-state index in [0.717, 1.165) is 25.9 Å². The average Bonchev–Trinajstić information content (AvgIpc) is 2.80. The van der Waals surface area contributed by atoms with Crippen LogP contribution in [0.5, 0.6) is 0 Å². The van der Waals surface area contributed by atoms with Gasteiger partial charge in [-0.3, -0.25) is 0 Å². The van der Waals surface area contributed by atoms with E-state index >= 15 is 0 Å². The molecular formula is C12H21N3S. The molecule has 2 N–H and O–H groups in total. The van der Waals surface area contributed by atoms with Gasteiger partial charge in [-0.25, -0.2) is 4.98 Å². The zero-order chi connectivity index (χ0) is 11.6. The van der Waals surface area contributed by atoms with Crippen molar-refractivity contribution in [1.29, 1.82) is 0 Å². The van der Waals surface area contributed by atoms with Crippen molar-refractivity contribution < 1.29 is 0 Å². The lowest BCUT2D eigenvalue weighted by Crippen LogP contribution is -2.48. The van der Waals surface area contributed by atoms with E-state index in [0.29, 0.717) is 5.92 Å². The van der Waals surface area contributed by atoms with Gasteiger partial charge in [0.25, 0.3) is 0 Å². The van der Waals surface area contributed by atoms with Crippen LogP contribution in [0.3, 0.4) is 0 Å². The highest BCUT2D eigenvalue weighted by Gasteiger charge is 2.35. The lowest BCUT2D eigenvalue weighted by Gasteiger charge is -2.35. The van der Waals surface area contributed by atoms with E-state index in [1.54, 1.807) is 11.3 Å². The summed E-state index contributed by atoms with van der Waals surface area (Å²) in [6.45, 7) is 6.56. The number of hydrogen-bond acceptors (Lipinski definition) is 4. The summed E-state index contributed by atoms with van der Waals surface area (Å²) in [5, 5.41) is 10.4. The molecule has 1 aromatic heterocycles. The van der Waals surface area contributed by atoms with Crippen LogP contribution in [-0.4, -0.2) is 25.1 Å². The van der Waals surface area contributed by atoms with Crippen molar-refractivity contribution >= 4 is 11.3 Å². The smallest absolute Gasteiger partial charge is 0.113 e. The molecule has 1 saturated heterocycles. The summed E-state index contributed by atoms with van der Waals surface area (Å²) in [6.07, 6.45) is 2.27. The van der Waals surface area contributed by atoms with Crippen molar-refractivity contribution in [2.45, 2.75) is 38.1 Å². The summed E-state index contributed by atoms with van der Waals surface area (Å²) in [5.41, 5.74) is 1.34. The van der Waals surface area contributed by atoms with Gasteiger partial charge in [-0.2, -0.15) is 0 Å². The summed E-state index contributed by atoms with van der Waals surface area (Å²) in [5.74, 6) is 0.528. The Morgan fingerprint density at radius 2 is 2.12 bits per heavy atom. The van der Waals surface area contributed by atoms with Crippen LogP contribution < -0.4 is 10.6 Å². The molecule has 3 nitrogen and oxygen atoms in total. The highest BCUT2D eigenvalue weighted by atomic mass is 32.1. The molecule has 0 amide bonds. The molecule has 0 atom stereocenters. The molecule has 0 bridgehead atoms. The fraction of sp³-hybridized carbons (Fsp3) is 0.750. The predicted octanol–water partition coefficient (Wildman–Crippen LogP) is 2.06. The van der Waals surface area contributed by atoms with Crippen molar-refractivity contribution in [3.8, 4) is 0 Å². The minimum Gasteiger partial charge on any atom is -0.317 e. The number of hydrogen-bond donors (Lipinski definition) is 2. The number of nitrogens with one attached hydrogen (secondary N) is 2. The first-order valence-corrected chi connectivity index (χ1v) is 6.91. The SMILES string of the molecule is CNC1(c2nc(C(C)C)cs2)CCNCC1. The number of aromatic nitrogens is 1. The third-order valence-electron chi connectivity index (χ3n) is 3.46. The standard InChI is InChI=1S/C12H21N3S/c1-9(2)10-8-16-11(15-10)12(13-3)4-6-14-7-5-12/h8-9,13-14H,4-7H2,1-3H3. The van der Waals surface area contributed by atoms with Gasteiger partial charge in [0.1, 0.15) is 5.01 Å². The minimum atomic E-state index is 0.114. The Kier molecular flexibility index (Phi) is 3.62. The Morgan fingerprint density at radius 3 is 2.62 bits per heavy atom. The van der Waals surface area contributed by atoms with Gasteiger partial charge in [0, 0.05) is 5.38 Å². The second-order valence-electron chi connectivity index (χ2n) is 4.81. The first-order chi connectivity index (χ1) is 7.68. The number of nitrogens with zero attached hydrogens (tertiary/aromatic N) is 1. The first-order valence-electron chi connectivity index (χ1n) is 6.03. The van der Waals surface area contributed by atoms with Crippen molar-refractivity contribution in [1.82, 2.24) is 15.6 Å². The second kappa shape index (κ2) is 4.82. The third kappa shape index (κ3) is 2.14. The van der Waals surface area contributed by atoms with E-state index in [2.05, 4.69) is 36.9 Å². The Balaban J connectivity index is 2.25. The zero-order valence-electron chi connectivity index (χ0n) is 10.3. The maximum atomic E-state index is 4.80. The van der Waals surface area contributed by atoms with E-state index in [4.69, 9.17) is 4.98 Å². The molecule has 0 aromatic carbocycles. The van der Waals surface area contributed by atoms with Gasteiger partial charge in [-0.05, 0) is 38.9 Å². The summed E-state index contributed by atoms with van der Waals surface area (Å²) >= 11 is 1.81. The summed E-state index contributed by atoms with van der Waals surface area (Å²) in [4.78, 5) is 4.80. The van der Waals surface area contributed by atoms with Crippen LogP contribution in [0.15, 0.2) is 5.38 Å². The second-order valence-corrected chi connectivity index (χ2v) is 5.67. The first kappa shape index (κ1) is 12.0. The fourth-order valence-corrected chi connectivity index (χ4v) is 3.44. The lowest BCUT2D eigenvalue weighted by atomic mass is 9.89. The largest absolute Gasteiger partial charge is 0.317 e. The van der Waals surface area contributed by atoms with Crippen molar-refractivity contribution in [2.24, 2.45) is 0 Å². The highest BCUT2D eigenvalue weighted by Crippen LogP contribution is 2.33. The van der Waals surface area contributed by atoms with Crippen LogP contribution in [0.1, 0.15) is 43.3 Å². The van der Waals surface area contributed by atoms with Crippen LogP contribution in [-0.2, 0) is 5.54 Å². The third-order valence-corrected chi connectivity index (χ3v) is 4.52. The van der Waals surface area contributed by atoms with Crippen molar-refractivity contribution in [2.75, 3.05) is 20.1 Å². The van der Waals surface area contributed by atoms with Crippen LogP contribution >= 0.6 is 11.3 Å². The molecule has 2 rings (SSSR count). The molecule has 16 heavy (non-hydrogen) atoms.